The third kappa shape index (κ3) is 2.90. The van der Waals surface area contributed by atoms with Gasteiger partial charge in [0.25, 0.3) is 5.91 Å². The van der Waals surface area contributed by atoms with E-state index in [1.165, 1.54) is 0 Å². The number of pyridine rings is 1. The third-order valence-electron chi connectivity index (χ3n) is 3.33. The molecule has 0 aliphatic heterocycles. The number of nitrogens with zero attached hydrogens (tertiary/aromatic N) is 1. The van der Waals surface area contributed by atoms with Gasteiger partial charge < -0.3 is 5.32 Å². The summed E-state index contributed by atoms with van der Waals surface area (Å²) in [5.74, 6) is -0.133. The lowest BCUT2D eigenvalue weighted by atomic mass is 10.1. The molecular formula is C17H14N2OS. The van der Waals surface area contributed by atoms with Crippen molar-refractivity contribution in [2.75, 3.05) is 5.32 Å². The van der Waals surface area contributed by atoms with Gasteiger partial charge in [0, 0.05) is 27.7 Å². The molecule has 0 bridgehead atoms. The molecular weight excluding hydrogens is 280 g/mol. The minimum Gasteiger partial charge on any atom is -0.322 e. The molecule has 2 aromatic carbocycles. The highest BCUT2D eigenvalue weighted by Gasteiger charge is 2.10. The van der Waals surface area contributed by atoms with Crippen LogP contribution in [0, 0.1) is 6.92 Å². The molecule has 0 spiro atoms. The van der Waals surface area contributed by atoms with Crippen LogP contribution >= 0.6 is 12.6 Å². The smallest absolute Gasteiger partial charge is 0.255 e. The minimum absolute atomic E-state index is 0.133. The van der Waals surface area contributed by atoms with E-state index >= 15 is 0 Å². The fourth-order valence-electron chi connectivity index (χ4n) is 2.21. The fourth-order valence-corrected chi connectivity index (χ4v) is 2.41. The van der Waals surface area contributed by atoms with Gasteiger partial charge in [-0.25, -0.2) is 0 Å². The van der Waals surface area contributed by atoms with Crippen LogP contribution in [-0.2, 0) is 0 Å². The zero-order valence-electron chi connectivity index (χ0n) is 11.5. The Hall–Kier alpha value is -2.33. The number of rotatable bonds is 2. The molecule has 4 heteroatoms. The number of carbonyl (C=O) groups is 1. The lowest BCUT2D eigenvalue weighted by Gasteiger charge is -2.09. The first-order chi connectivity index (χ1) is 10.1. The molecule has 3 nitrogen and oxygen atoms in total. The van der Waals surface area contributed by atoms with Crippen molar-refractivity contribution in [2.45, 2.75) is 11.8 Å². The quantitative estimate of drug-likeness (QED) is 0.699. The normalized spacial score (nSPS) is 10.6. The Morgan fingerprint density at radius 1 is 1.14 bits per heavy atom. The monoisotopic (exact) mass is 294 g/mol. The second-order valence-electron chi connectivity index (χ2n) is 4.86. The number of thiol groups is 1. The summed E-state index contributed by atoms with van der Waals surface area (Å²) in [6.45, 7) is 1.91. The molecule has 0 radical (unpaired) electrons. The maximum atomic E-state index is 12.4. The van der Waals surface area contributed by atoms with E-state index in [2.05, 4.69) is 22.9 Å². The molecule has 1 amide bonds. The number of fused-ring (bicyclic) bond motifs is 1. The van der Waals surface area contributed by atoms with Crippen molar-refractivity contribution < 1.29 is 4.79 Å². The molecule has 0 fully saturated rings. The van der Waals surface area contributed by atoms with Crippen molar-refractivity contribution in [3.05, 3.63) is 65.9 Å². The highest BCUT2D eigenvalue weighted by molar-refractivity contribution is 7.80. The summed E-state index contributed by atoms with van der Waals surface area (Å²) < 4.78 is 0. The van der Waals surface area contributed by atoms with E-state index in [1.54, 1.807) is 12.3 Å². The van der Waals surface area contributed by atoms with Crippen LogP contribution in [0.25, 0.3) is 10.9 Å². The van der Waals surface area contributed by atoms with Crippen LogP contribution < -0.4 is 5.32 Å². The Morgan fingerprint density at radius 3 is 2.86 bits per heavy atom. The summed E-state index contributed by atoms with van der Waals surface area (Å²) in [5.41, 5.74) is 3.22. The molecule has 0 aliphatic carbocycles. The van der Waals surface area contributed by atoms with Gasteiger partial charge >= 0.3 is 0 Å². The number of carbonyl (C=O) groups excluding carboxylic acids is 1. The van der Waals surface area contributed by atoms with Gasteiger partial charge in [-0.2, -0.15) is 0 Å². The number of amides is 1. The minimum atomic E-state index is -0.133. The molecule has 1 heterocycles. The SMILES string of the molecule is Cc1ccc(S)cc1C(=O)Nc1ccc2ncccc2c1. The van der Waals surface area contributed by atoms with Crippen molar-refractivity contribution in [1.82, 2.24) is 4.98 Å². The van der Waals surface area contributed by atoms with Crippen LogP contribution in [-0.4, -0.2) is 10.9 Å². The van der Waals surface area contributed by atoms with E-state index in [9.17, 15) is 4.79 Å². The Morgan fingerprint density at radius 2 is 2.00 bits per heavy atom. The standard InChI is InChI=1S/C17H14N2OS/c1-11-4-6-14(21)10-15(11)17(20)19-13-5-7-16-12(9-13)3-2-8-18-16/h2-10,21H,1H3,(H,19,20). The molecule has 1 aromatic heterocycles. The van der Waals surface area contributed by atoms with Crippen LogP contribution in [0.2, 0.25) is 0 Å². The first-order valence-electron chi connectivity index (χ1n) is 6.59. The molecule has 1 N–H and O–H groups in total. The zero-order valence-corrected chi connectivity index (χ0v) is 12.4. The van der Waals surface area contributed by atoms with E-state index in [0.29, 0.717) is 5.56 Å². The highest BCUT2D eigenvalue weighted by Crippen LogP contribution is 2.19. The van der Waals surface area contributed by atoms with Crippen LogP contribution in [0.5, 0.6) is 0 Å². The van der Waals surface area contributed by atoms with E-state index in [4.69, 9.17) is 0 Å². The lowest BCUT2D eigenvalue weighted by molar-refractivity contribution is 0.102. The Labute approximate surface area is 128 Å². The molecule has 0 saturated carbocycles. The van der Waals surface area contributed by atoms with Gasteiger partial charge in [0.1, 0.15) is 0 Å². The van der Waals surface area contributed by atoms with Gasteiger partial charge in [0.15, 0.2) is 0 Å². The molecule has 0 unspecified atom stereocenters. The van der Waals surface area contributed by atoms with E-state index in [1.807, 2.05) is 49.4 Å². The molecule has 3 aromatic rings. The second kappa shape index (κ2) is 5.58. The number of aryl methyl sites for hydroxylation is 1. The summed E-state index contributed by atoms with van der Waals surface area (Å²) >= 11 is 4.28. The number of anilines is 1. The van der Waals surface area contributed by atoms with Gasteiger partial charge in [0.2, 0.25) is 0 Å². The summed E-state index contributed by atoms with van der Waals surface area (Å²) in [6.07, 6.45) is 1.75. The van der Waals surface area contributed by atoms with Crippen LogP contribution in [0.1, 0.15) is 15.9 Å². The van der Waals surface area contributed by atoms with Gasteiger partial charge in [-0.15, -0.1) is 12.6 Å². The topological polar surface area (TPSA) is 42.0 Å². The second-order valence-corrected chi connectivity index (χ2v) is 5.38. The third-order valence-corrected chi connectivity index (χ3v) is 3.60. The van der Waals surface area contributed by atoms with Crippen LogP contribution in [0.3, 0.4) is 0 Å². The van der Waals surface area contributed by atoms with Crippen LogP contribution in [0.15, 0.2) is 59.6 Å². The average molecular weight is 294 g/mol. The van der Waals surface area contributed by atoms with Crippen molar-refractivity contribution in [1.29, 1.82) is 0 Å². The summed E-state index contributed by atoms with van der Waals surface area (Å²) in [7, 11) is 0. The number of benzene rings is 2. The Balaban J connectivity index is 1.90. The molecule has 0 saturated heterocycles. The van der Waals surface area contributed by atoms with Gasteiger partial charge in [-0.1, -0.05) is 12.1 Å². The predicted octanol–water partition coefficient (Wildman–Crippen LogP) is 4.08. The fraction of sp³-hybridized carbons (Fsp3) is 0.0588. The summed E-state index contributed by atoms with van der Waals surface area (Å²) in [6, 6.07) is 15.1. The number of hydrogen-bond acceptors (Lipinski definition) is 3. The van der Waals surface area contributed by atoms with Crippen molar-refractivity contribution in [3.63, 3.8) is 0 Å². The van der Waals surface area contributed by atoms with Gasteiger partial charge in [-0.05, 0) is 48.9 Å². The Bertz CT molecular complexity index is 830. The zero-order chi connectivity index (χ0) is 14.8. The van der Waals surface area contributed by atoms with Gasteiger partial charge in [0.05, 0.1) is 5.52 Å². The van der Waals surface area contributed by atoms with Crippen molar-refractivity contribution >= 4 is 35.1 Å². The van der Waals surface area contributed by atoms with Crippen molar-refractivity contribution in [3.8, 4) is 0 Å². The molecule has 0 aliphatic rings. The molecule has 3 rings (SSSR count). The van der Waals surface area contributed by atoms with Crippen LogP contribution in [0.4, 0.5) is 5.69 Å². The van der Waals surface area contributed by atoms with E-state index < -0.39 is 0 Å². The molecule has 104 valence electrons. The summed E-state index contributed by atoms with van der Waals surface area (Å²) in [4.78, 5) is 17.4. The summed E-state index contributed by atoms with van der Waals surface area (Å²) in [5, 5.41) is 3.91. The molecule has 21 heavy (non-hydrogen) atoms. The number of hydrogen-bond donors (Lipinski definition) is 2. The highest BCUT2D eigenvalue weighted by atomic mass is 32.1. The largest absolute Gasteiger partial charge is 0.322 e. The lowest BCUT2D eigenvalue weighted by Crippen LogP contribution is -2.13. The average Bonchev–Trinajstić information content (AvgIpc) is 2.49. The molecule has 0 atom stereocenters. The number of aromatic nitrogens is 1. The van der Waals surface area contributed by atoms with Gasteiger partial charge in [-0.3, -0.25) is 9.78 Å². The maximum absolute atomic E-state index is 12.4. The van der Waals surface area contributed by atoms with E-state index in [0.717, 1.165) is 27.0 Å². The van der Waals surface area contributed by atoms with E-state index in [-0.39, 0.29) is 5.91 Å². The first kappa shape index (κ1) is 13.6. The maximum Gasteiger partial charge on any atom is 0.255 e. The first-order valence-corrected chi connectivity index (χ1v) is 7.04. The number of nitrogens with one attached hydrogen (secondary N) is 1. The Kier molecular flexibility index (Phi) is 3.62. The predicted molar refractivity (Wildman–Crippen MR) is 88.1 cm³/mol. The van der Waals surface area contributed by atoms with Crippen molar-refractivity contribution in [2.24, 2.45) is 0 Å².